The maximum absolute atomic E-state index is 11.6. The summed E-state index contributed by atoms with van der Waals surface area (Å²) in [6.07, 6.45) is 1.33. The van der Waals surface area contributed by atoms with Crippen molar-refractivity contribution in [3.05, 3.63) is 286 Å². The fourth-order valence-corrected chi connectivity index (χ4v) is 10.7. The van der Waals surface area contributed by atoms with Gasteiger partial charge in [0.2, 0.25) is 0 Å². The molecule has 8 aromatic carbocycles. The summed E-state index contributed by atoms with van der Waals surface area (Å²) in [6.45, 7) is 12.7. The molecule has 2 unspecified atom stereocenters. The van der Waals surface area contributed by atoms with E-state index in [9.17, 15) is 10.2 Å². The Morgan fingerprint density at radius 1 is 0.313 bits per heavy atom. The minimum Gasteiger partial charge on any atom is -0.395 e. The Balaban J connectivity index is 1.13. The molecule has 0 heterocycles. The second kappa shape index (κ2) is 20.2. The van der Waals surface area contributed by atoms with E-state index >= 15 is 0 Å². The van der Waals surface area contributed by atoms with Gasteiger partial charge in [0.1, 0.15) is 0 Å². The van der Waals surface area contributed by atoms with Crippen LogP contribution in [-0.2, 0) is 34.7 Å². The molecule has 0 aliphatic rings. The van der Waals surface area contributed by atoms with Crippen molar-refractivity contribution in [2.24, 2.45) is 0 Å². The minimum absolute atomic E-state index is 0.00971. The monoisotopic (exact) mass is 882 g/mol. The van der Waals surface area contributed by atoms with E-state index in [0.29, 0.717) is 12.8 Å². The Hall–Kier alpha value is -6.36. The highest BCUT2D eigenvalue weighted by atomic mass is 16.3. The lowest BCUT2D eigenvalue weighted by Gasteiger charge is -2.43. The van der Waals surface area contributed by atoms with Crippen molar-refractivity contribution in [2.75, 3.05) is 13.2 Å². The van der Waals surface area contributed by atoms with Crippen molar-refractivity contribution in [3.8, 4) is 0 Å². The molecule has 8 aromatic rings. The van der Waals surface area contributed by atoms with Crippen LogP contribution in [0.1, 0.15) is 103 Å². The number of hydrogen-bond donors (Lipinski definition) is 2. The maximum atomic E-state index is 11.6. The van der Waals surface area contributed by atoms with Crippen LogP contribution >= 0.6 is 0 Å². The molecule has 0 amide bonds. The van der Waals surface area contributed by atoms with Gasteiger partial charge in [-0.05, 0) is 89.2 Å². The van der Waals surface area contributed by atoms with Gasteiger partial charge in [0, 0.05) is 40.3 Å². The summed E-state index contributed by atoms with van der Waals surface area (Å²) in [5.41, 5.74) is 9.44. The molecule has 3 nitrogen and oxygen atoms in total. The normalized spacial score (nSPS) is 14.0. The van der Waals surface area contributed by atoms with Crippen molar-refractivity contribution in [3.63, 3.8) is 0 Å². The number of nitrogens with zero attached hydrogens (tertiary/aromatic N) is 1. The van der Waals surface area contributed by atoms with E-state index in [1.807, 2.05) is 0 Å². The van der Waals surface area contributed by atoms with Gasteiger partial charge in [-0.1, -0.05) is 244 Å². The summed E-state index contributed by atoms with van der Waals surface area (Å²) in [5.74, 6) is 0. The molecule has 0 bridgehead atoms. The highest BCUT2D eigenvalue weighted by molar-refractivity contribution is 5.54. The number of aliphatic hydroxyl groups is 2. The Bertz CT molecular complexity index is 2390. The third kappa shape index (κ3) is 9.88. The van der Waals surface area contributed by atoms with Gasteiger partial charge in [-0.2, -0.15) is 0 Å². The molecule has 0 spiro atoms. The molecule has 0 aliphatic carbocycles. The molecule has 0 fully saturated rings. The molecule has 340 valence electrons. The van der Waals surface area contributed by atoms with Crippen LogP contribution in [-0.4, -0.2) is 33.9 Å². The summed E-state index contributed by atoms with van der Waals surface area (Å²) < 4.78 is 0. The first-order chi connectivity index (χ1) is 32.4. The standard InChI is InChI=1S/C64H67NO2/c1-60(2,3)65(44-50-26-24-40-58(42-50)61(4,48-66)46-63(52-28-12-6-13-29-52,53-30-14-7-15-31-53)54-32-16-8-17-33-54)45-51-27-25-41-59(43-51)62(5,49-67)47-64(55-34-18-9-19-35-55,56-36-20-10-21-37-56)57-38-22-11-23-39-57/h6-43,66-67H,44-49H2,1-5H3. The van der Waals surface area contributed by atoms with E-state index in [4.69, 9.17) is 0 Å². The SMILES string of the molecule is CC(CO)(CC(c1ccccc1)(c1ccccc1)c1ccccc1)c1cccc(CN(Cc2cccc(C(C)(CO)CC(c3ccccc3)(c3ccccc3)c3ccccc3)c2)C(C)(C)C)c1. The molecule has 0 aliphatic heterocycles. The van der Waals surface area contributed by atoms with Gasteiger partial charge in [0.05, 0.1) is 13.2 Å². The molecule has 0 saturated carbocycles. The topological polar surface area (TPSA) is 43.7 Å². The smallest absolute Gasteiger partial charge is 0.0525 e. The largest absolute Gasteiger partial charge is 0.395 e. The Kier molecular flexibility index (Phi) is 14.2. The summed E-state index contributed by atoms with van der Waals surface area (Å²) >= 11 is 0. The minimum atomic E-state index is -0.596. The van der Waals surface area contributed by atoms with E-state index in [1.54, 1.807) is 0 Å². The van der Waals surface area contributed by atoms with Crippen molar-refractivity contribution in [1.29, 1.82) is 0 Å². The fourth-order valence-electron chi connectivity index (χ4n) is 10.7. The highest BCUT2D eigenvalue weighted by Crippen LogP contribution is 2.50. The lowest BCUT2D eigenvalue weighted by Crippen LogP contribution is -2.41. The van der Waals surface area contributed by atoms with Gasteiger partial charge in [-0.15, -0.1) is 0 Å². The molecular formula is C64H67NO2. The van der Waals surface area contributed by atoms with Crippen LogP contribution in [0.2, 0.25) is 0 Å². The van der Waals surface area contributed by atoms with Gasteiger partial charge in [-0.3, -0.25) is 4.90 Å². The van der Waals surface area contributed by atoms with E-state index in [2.05, 4.69) is 270 Å². The third-order valence-corrected chi connectivity index (χ3v) is 14.6. The van der Waals surface area contributed by atoms with Crippen molar-refractivity contribution >= 4 is 0 Å². The van der Waals surface area contributed by atoms with Crippen LogP contribution < -0.4 is 0 Å². The van der Waals surface area contributed by atoms with Crippen LogP contribution in [0.5, 0.6) is 0 Å². The quantitative estimate of drug-likeness (QED) is 0.0844. The second-order valence-electron chi connectivity index (χ2n) is 20.2. The van der Waals surface area contributed by atoms with E-state index in [-0.39, 0.29) is 18.8 Å². The van der Waals surface area contributed by atoms with Crippen molar-refractivity contribution in [2.45, 2.75) is 87.7 Å². The summed E-state index contributed by atoms with van der Waals surface area (Å²) in [6, 6.07) is 82.7. The van der Waals surface area contributed by atoms with Gasteiger partial charge in [0.15, 0.2) is 0 Å². The molecule has 2 atom stereocenters. The van der Waals surface area contributed by atoms with Crippen LogP contribution in [0, 0.1) is 0 Å². The lowest BCUT2D eigenvalue weighted by molar-refractivity contribution is 0.118. The molecular weight excluding hydrogens is 815 g/mol. The molecule has 2 N–H and O–H groups in total. The van der Waals surface area contributed by atoms with Crippen LogP contribution in [0.3, 0.4) is 0 Å². The van der Waals surface area contributed by atoms with Crippen molar-refractivity contribution < 1.29 is 10.2 Å². The Morgan fingerprint density at radius 2 is 0.552 bits per heavy atom. The number of rotatable bonds is 18. The average molecular weight is 882 g/mol. The van der Waals surface area contributed by atoms with E-state index < -0.39 is 21.7 Å². The zero-order valence-electron chi connectivity index (χ0n) is 40.0. The molecule has 8 rings (SSSR count). The third-order valence-electron chi connectivity index (χ3n) is 14.6. The van der Waals surface area contributed by atoms with Gasteiger partial charge < -0.3 is 10.2 Å². The Labute approximate surface area is 400 Å². The second-order valence-corrected chi connectivity index (χ2v) is 20.2. The highest BCUT2D eigenvalue weighted by Gasteiger charge is 2.45. The first-order valence-electron chi connectivity index (χ1n) is 23.9. The molecule has 0 aromatic heterocycles. The summed E-state index contributed by atoms with van der Waals surface area (Å²) in [4.78, 5) is 2.54. The summed E-state index contributed by atoms with van der Waals surface area (Å²) in [7, 11) is 0. The Morgan fingerprint density at radius 3 is 0.776 bits per heavy atom. The molecule has 0 saturated heterocycles. The number of benzene rings is 8. The predicted molar refractivity (Wildman–Crippen MR) is 278 cm³/mol. The molecule has 67 heavy (non-hydrogen) atoms. The van der Waals surface area contributed by atoms with Crippen LogP contribution in [0.25, 0.3) is 0 Å². The molecule has 0 radical (unpaired) electrons. The van der Waals surface area contributed by atoms with Gasteiger partial charge >= 0.3 is 0 Å². The van der Waals surface area contributed by atoms with Gasteiger partial charge in [0.25, 0.3) is 0 Å². The van der Waals surface area contributed by atoms with E-state index in [1.165, 1.54) is 44.5 Å². The molecule has 3 heteroatoms. The zero-order valence-corrected chi connectivity index (χ0v) is 40.0. The van der Waals surface area contributed by atoms with Crippen LogP contribution in [0.15, 0.2) is 231 Å². The average Bonchev–Trinajstić information content (AvgIpc) is 3.38. The maximum Gasteiger partial charge on any atom is 0.0525 e. The summed E-state index contributed by atoms with van der Waals surface area (Å²) in [5, 5.41) is 23.2. The van der Waals surface area contributed by atoms with E-state index in [0.717, 1.165) is 24.2 Å². The number of hydrogen-bond acceptors (Lipinski definition) is 3. The van der Waals surface area contributed by atoms with Gasteiger partial charge in [-0.25, -0.2) is 0 Å². The van der Waals surface area contributed by atoms with Crippen molar-refractivity contribution in [1.82, 2.24) is 4.90 Å². The first-order valence-corrected chi connectivity index (χ1v) is 23.9. The zero-order chi connectivity index (χ0) is 47.0. The lowest BCUT2D eigenvalue weighted by atomic mass is 9.60. The fraction of sp³-hybridized carbons (Fsp3) is 0.250. The number of aliphatic hydroxyl groups excluding tert-OH is 2. The first kappa shape index (κ1) is 47.1. The van der Waals surface area contributed by atoms with Crippen LogP contribution in [0.4, 0.5) is 0 Å². The predicted octanol–water partition coefficient (Wildman–Crippen LogP) is 13.8.